The number of hydrogen-bond donors (Lipinski definition) is 1. The van der Waals surface area contributed by atoms with Crippen LogP contribution in [0.15, 0.2) is 66.7 Å². The molecule has 4 rings (SSSR count). The molecule has 0 aliphatic rings. The van der Waals surface area contributed by atoms with Gasteiger partial charge in [0.15, 0.2) is 0 Å². The minimum Gasteiger partial charge on any atom is -0.492 e. The van der Waals surface area contributed by atoms with Crippen molar-refractivity contribution in [1.82, 2.24) is 14.9 Å². The summed E-state index contributed by atoms with van der Waals surface area (Å²) in [5, 5.41) is 3.02. The maximum absolute atomic E-state index is 12.3. The van der Waals surface area contributed by atoms with E-state index < -0.39 is 0 Å². The Morgan fingerprint density at radius 2 is 1.71 bits per heavy atom. The second-order valence-corrected chi connectivity index (χ2v) is 9.20. The molecular formula is C30H35N3O2. The summed E-state index contributed by atoms with van der Waals surface area (Å²) in [5.41, 5.74) is 6.56. The molecule has 0 fully saturated rings. The Labute approximate surface area is 208 Å². The number of carbonyl (C=O) groups excluding carboxylic acids is 1. The van der Waals surface area contributed by atoms with Gasteiger partial charge in [-0.15, -0.1) is 0 Å². The second-order valence-electron chi connectivity index (χ2n) is 9.20. The fourth-order valence-corrected chi connectivity index (χ4v) is 4.22. The Kier molecular flexibility index (Phi) is 8.19. The predicted molar refractivity (Wildman–Crippen MR) is 142 cm³/mol. The van der Waals surface area contributed by atoms with E-state index in [0.717, 1.165) is 60.4 Å². The van der Waals surface area contributed by atoms with Gasteiger partial charge in [-0.05, 0) is 81.1 Å². The number of aromatic nitrogens is 2. The number of fused-ring (bicyclic) bond motifs is 1. The van der Waals surface area contributed by atoms with Crippen molar-refractivity contribution in [3.63, 3.8) is 0 Å². The molecule has 0 saturated heterocycles. The Bertz CT molecular complexity index is 1270. The van der Waals surface area contributed by atoms with Crippen molar-refractivity contribution in [2.45, 2.75) is 53.0 Å². The standard InChI is InChI=1S/C30H35N3O2/c1-22-12-15-25(16-13-22)30(34)31-18-8-4-5-11-29-32-27-9-6-7-10-28(27)33(29)19-20-35-26-17-14-23(2)24(3)21-26/h6-7,9-10,12-17,21H,4-5,8,11,18-20H2,1-3H3,(H,31,34). The number of para-hydroxylation sites is 2. The molecule has 0 bridgehead atoms. The molecule has 0 aliphatic carbocycles. The van der Waals surface area contributed by atoms with E-state index >= 15 is 0 Å². The van der Waals surface area contributed by atoms with Crippen molar-refractivity contribution in [1.29, 1.82) is 0 Å². The largest absolute Gasteiger partial charge is 0.492 e. The van der Waals surface area contributed by atoms with Crippen LogP contribution in [-0.4, -0.2) is 28.6 Å². The van der Waals surface area contributed by atoms with Gasteiger partial charge in [-0.1, -0.05) is 42.3 Å². The minimum absolute atomic E-state index is 0.00411. The average molecular weight is 470 g/mol. The number of hydrogen-bond acceptors (Lipinski definition) is 3. The monoisotopic (exact) mass is 469 g/mol. The van der Waals surface area contributed by atoms with Crippen LogP contribution in [0.25, 0.3) is 11.0 Å². The van der Waals surface area contributed by atoms with Gasteiger partial charge in [0.2, 0.25) is 0 Å². The zero-order valence-electron chi connectivity index (χ0n) is 21.0. The normalized spacial score (nSPS) is 11.1. The van der Waals surface area contributed by atoms with Gasteiger partial charge in [-0.2, -0.15) is 0 Å². The molecule has 3 aromatic carbocycles. The molecular weight excluding hydrogens is 434 g/mol. The van der Waals surface area contributed by atoms with Crippen molar-refractivity contribution in [2.75, 3.05) is 13.2 Å². The van der Waals surface area contributed by atoms with Gasteiger partial charge in [0.25, 0.3) is 5.91 Å². The van der Waals surface area contributed by atoms with Crippen LogP contribution in [0.2, 0.25) is 0 Å². The maximum Gasteiger partial charge on any atom is 0.251 e. The van der Waals surface area contributed by atoms with Crippen LogP contribution >= 0.6 is 0 Å². The highest BCUT2D eigenvalue weighted by Crippen LogP contribution is 2.20. The van der Waals surface area contributed by atoms with E-state index in [1.165, 1.54) is 11.1 Å². The summed E-state index contributed by atoms with van der Waals surface area (Å²) in [5.74, 6) is 2.00. The predicted octanol–water partition coefficient (Wildman–Crippen LogP) is 6.18. The quantitative estimate of drug-likeness (QED) is 0.267. The topological polar surface area (TPSA) is 56.2 Å². The summed E-state index contributed by atoms with van der Waals surface area (Å²) >= 11 is 0. The van der Waals surface area contributed by atoms with E-state index in [1.54, 1.807) is 0 Å². The van der Waals surface area contributed by atoms with E-state index in [1.807, 2.05) is 43.3 Å². The third kappa shape index (κ3) is 6.50. The fraction of sp³-hybridized carbons (Fsp3) is 0.333. The molecule has 4 aromatic rings. The molecule has 0 radical (unpaired) electrons. The summed E-state index contributed by atoms with van der Waals surface area (Å²) < 4.78 is 8.34. The van der Waals surface area contributed by atoms with Crippen LogP contribution in [-0.2, 0) is 13.0 Å². The second kappa shape index (κ2) is 11.7. The van der Waals surface area contributed by atoms with Gasteiger partial charge in [0.1, 0.15) is 18.2 Å². The third-order valence-corrected chi connectivity index (χ3v) is 6.47. The number of benzene rings is 3. The highest BCUT2D eigenvalue weighted by Gasteiger charge is 2.11. The Balaban J connectivity index is 1.27. The van der Waals surface area contributed by atoms with Gasteiger partial charge < -0.3 is 14.6 Å². The molecule has 182 valence electrons. The molecule has 0 unspecified atom stereocenters. The van der Waals surface area contributed by atoms with E-state index in [-0.39, 0.29) is 5.91 Å². The van der Waals surface area contributed by atoms with Crippen LogP contribution in [0.3, 0.4) is 0 Å². The first-order valence-electron chi connectivity index (χ1n) is 12.5. The SMILES string of the molecule is Cc1ccc(C(=O)NCCCCCc2nc3ccccc3n2CCOc2ccc(C)c(C)c2)cc1. The van der Waals surface area contributed by atoms with Crippen molar-refractivity contribution in [3.05, 3.63) is 94.8 Å². The fourth-order valence-electron chi connectivity index (χ4n) is 4.22. The van der Waals surface area contributed by atoms with E-state index in [9.17, 15) is 4.79 Å². The van der Waals surface area contributed by atoms with E-state index in [2.05, 4.69) is 54.1 Å². The van der Waals surface area contributed by atoms with Gasteiger partial charge in [-0.25, -0.2) is 4.98 Å². The van der Waals surface area contributed by atoms with Crippen LogP contribution in [0.5, 0.6) is 5.75 Å². The summed E-state index contributed by atoms with van der Waals surface area (Å²) in [4.78, 5) is 17.2. The maximum atomic E-state index is 12.3. The molecule has 0 spiro atoms. The number of rotatable bonds is 11. The minimum atomic E-state index is -0.00411. The first-order chi connectivity index (χ1) is 17.0. The molecule has 0 saturated carbocycles. The molecule has 35 heavy (non-hydrogen) atoms. The average Bonchev–Trinajstić information content (AvgIpc) is 3.21. The number of imidazole rings is 1. The number of aryl methyl sites for hydroxylation is 4. The summed E-state index contributed by atoms with van der Waals surface area (Å²) in [6.07, 6.45) is 3.93. The number of carbonyl (C=O) groups is 1. The van der Waals surface area contributed by atoms with Gasteiger partial charge >= 0.3 is 0 Å². The van der Waals surface area contributed by atoms with Crippen molar-refractivity contribution < 1.29 is 9.53 Å². The van der Waals surface area contributed by atoms with Crippen LogP contribution in [0.4, 0.5) is 0 Å². The van der Waals surface area contributed by atoms with Gasteiger partial charge in [-0.3, -0.25) is 4.79 Å². The summed E-state index contributed by atoms with van der Waals surface area (Å²) in [7, 11) is 0. The third-order valence-electron chi connectivity index (χ3n) is 6.47. The number of unbranched alkanes of at least 4 members (excludes halogenated alkanes) is 2. The van der Waals surface area contributed by atoms with E-state index in [0.29, 0.717) is 18.7 Å². The zero-order valence-corrected chi connectivity index (χ0v) is 21.0. The zero-order chi connectivity index (χ0) is 24.6. The molecule has 5 nitrogen and oxygen atoms in total. The first-order valence-corrected chi connectivity index (χ1v) is 12.5. The van der Waals surface area contributed by atoms with Crippen molar-refractivity contribution >= 4 is 16.9 Å². The van der Waals surface area contributed by atoms with Crippen LogP contribution < -0.4 is 10.1 Å². The Morgan fingerprint density at radius 3 is 2.51 bits per heavy atom. The summed E-state index contributed by atoms with van der Waals surface area (Å²) in [6, 6.07) is 22.2. The molecule has 5 heteroatoms. The lowest BCUT2D eigenvalue weighted by molar-refractivity contribution is 0.0953. The lowest BCUT2D eigenvalue weighted by Crippen LogP contribution is -2.24. The summed E-state index contributed by atoms with van der Waals surface area (Å²) in [6.45, 7) is 8.29. The molecule has 1 N–H and O–H groups in total. The highest BCUT2D eigenvalue weighted by atomic mass is 16.5. The molecule has 1 heterocycles. The van der Waals surface area contributed by atoms with Gasteiger partial charge in [0, 0.05) is 18.5 Å². The molecule has 1 aromatic heterocycles. The smallest absolute Gasteiger partial charge is 0.251 e. The van der Waals surface area contributed by atoms with Crippen molar-refractivity contribution in [2.24, 2.45) is 0 Å². The molecule has 0 aliphatic heterocycles. The number of nitrogens with zero attached hydrogens (tertiary/aromatic N) is 2. The molecule has 1 amide bonds. The number of nitrogens with one attached hydrogen (secondary N) is 1. The Morgan fingerprint density at radius 1 is 0.914 bits per heavy atom. The number of amides is 1. The van der Waals surface area contributed by atoms with E-state index in [4.69, 9.17) is 9.72 Å². The lowest BCUT2D eigenvalue weighted by Gasteiger charge is -2.12. The number of ether oxygens (including phenoxy) is 1. The van der Waals surface area contributed by atoms with Gasteiger partial charge in [0.05, 0.1) is 17.6 Å². The molecule has 0 atom stereocenters. The highest BCUT2D eigenvalue weighted by molar-refractivity contribution is 5.94. The van der Waals surface area contributed by atoms with Crippen LogP contribution in [0, 0.1) is 20.8 Å². The lowest BCUT2D eigenvalue weighted by atomic mass is 10.1. The Hall–Kier alpha value is -3.60. The first kappa shape index (κ1) is 24.5. The van der Waals surface area contributed by atoms with Crippen LogP contribution in [0.1, 0.15) is 52.1 Å². The van der Waals surface area contributed by atoms with Crippen molar-refractivity contribution in [3.8, 4) is 5.75 Å².